The highest BCUT2D eigenvalue weighted by Gasteiger charge is 2.49. The maximum atomic E-state index is 15.2. The van der Waals surface area contributed by atoms with Gasteiger partial charge in [0, 0.05) is 25.3 Å². The summed E-state index contributed by atoms with van der Waals surface area (Å²) in [7, 11) is 0. The van der Waals surface area contributed by atoms with Crippen LogP contribution in [0.3, 0.4) is 0 Å². The molecule has 2 atom stereocenters. The van der Waals surface area contributed by atoms with E-state index in [1.165, 1.54) is 11.2 Å². The number of anilines is 1. The molecular weight excluding hydrogens is 515 g/mol. The summed E-state index contributed by atoms with van der Waals surface area (Å²) in [5.74, 6) is -0.445. The summed E-state index contributed by atoms with van der Waals surface area (Å²) in [4.78, 5) is 28.6. The van der Waals surface area contributed by atoms with E-state index in [-0.39, 0.29) is 34.9 Å². The van der Waals surface area contributed by atoms with Crippen LogP contribution in [0.2, 0.25) is 5.15 Å². The van der Waals surface area contributed by atoms with Gasteiger partial charge >= 0.3 is 12.1 Å². The summed E-state index contributed by atoms with van der Waals surface area (Å²) < 4.78 is 27.1. The molecule has 0 spiro atoms. The zero-order chi connectivity index (χ0) is 27.1. The van der Waals surface area contributed by atoms with Crippen LogP contribution < -0.4 is 9.75 Å². The van der Waals surface area contributed by atoms with E-state index in [1.807, 2.05) is 20.8 Å². The zero-order valence-electron chi connectivity index (χ0n) is 22.3. The van der Waals surface area contributed by atoms with E-state index in [4.69, 9.17) is 26.1 Å². The van der Waals surface area contributed by atoms with Crippen LogP contribution in [0.4, 0.5) is 15.0 Å². The molecule has 5 rings (SSSR count). The fourth-order valence-corrected chi connectivity index (χ4v) is 6.07. The van der Waals surface area contributed by atoms with E-state index in [2.05, 4.69) is 14.9 Å². The molecule has 12 heteroatoms. The van der Waals surface area contributed by atoms with Crippen LogP contribution in [0.15, 0.2) is 6.20 Å². The zero-order valence-corrected chi connectivity index (χ0v) is 23.0. The maximum absolute atomic E-state index is 15.2. The Labute approximate surface area is 227 Å². The highest BCUT2D eigenvalue weighted by molar-refractivity contribution is 6.30. The molecule has 3 aliphatic rings. The molecule has 3 aliphatic heterocycles. The number of carbonyl (C=O) groups is 1. The number of hydrogen-bond donors (Lipinski definition) is 1. The largest absolute Gasteiger partial charge is 0.461 e. The Kier molecular flexibility index (Phi) is 7.54. The topological polar surface area (TPSA) is 104 Å². The molecule has 0 bridgehead atoms. The van der Waals surface area contributed by atoms with Gasteiger partial charge in [-0.25, -0.2) is 19.2 Å². The molecule has 0 saturated carbocycles. The van der Waals surface area contributed by atoms with Gasteiger partial charge in [-0.15, -0.1) is 0 Å². The van der Waals surface area contributed by atoms with E-state index in [0.717, 1.165) is 51.5 Å². The number of hydrazine groups is 1. The number of aromatic nitrogens is 3. The fraction of sp³-hybridized carbons (Fsp3) is 0.692. The van der Waals surface area contributed by atoms with Crippen molar-refractivity contribution in [3.05, 3.63) is 17.2 Å². The normalized spacial score (nSPS) is 24.5. The van der Waals surface area contributed by atoms with E-state index >= 15 is 4.39 Å². The van der Waals surface area contributed by atoms with Crippen molar-refractivity contribution in [2.24, 2.45) is 0 Å². The van der Waals surface area contributed by atoms with Gasteiger partial charge in [0.2, 0.25) is 0 Å². The Morgan fingerprint density at radius 1 is 1.18 bits per heavy atom. The summed E-state index contributed by atoms with van der Waals surface area (Å²) in [6.45, 7) is 7.71. The molecule has 0 aliphatic carbocycles. The lowest BCUT2D eigenvalue weighted by Gasteiger charge is -2.36. The van der Waals surface area contributed by atoms with Gasteiger partial charge in [-0.1, -0.05) is 11.6 Å². The molecule has 2 aromatic rings. The second-order valence-corrected chi connectivity index (χ2v) is 11.8. The van der Waals surface area contributed by atoms with Crippen molar-refractivity contribution in [1.29, 1.82) is 0 Å². The predicted molar refractivity (Wildman–Crippen MR) is 141 cm³/mol. The van der Waals surface area contributed by atoms with Gasteiger partial charge in [0.15, 0.2) is 16.8 Å². The first kappa shape index (κ1) is 27.1. The lowest BCUT2D eigenvalue weighted by atomic mass is 9.95. The summed E-state index contributed by atoms with van der Waals surface area (Å²) in [6, 6.07) is 0.131. The third kappa shape index (κ3) is 5.20. The average molecular weight is 551 g/mol. The lowest BCUT2D eigenvalue weighted by Crippen LogP contribution is -2.49. The van der Waals surface area contributed by atoms with Crippen LogP contribution in [0, 0.1) is 5.82 Å². The number of carbonyl (C=O) groups excluding carboxylic acids is 1. The van der Waals surface area contributed by atoms with Crippen LogP contribution in [-0.4, -0.2) is 86.1 Å². The van der Waals surface area contributed by atoms with Gasteiger partial charge in [-0.2, -0.15) is 9.97 Å². The minimum absolute atomic E-state index is 0.00993. The van der Waals surface area contributed by atoms with Gasteiger partial charge in [0.1, 0.15) is 17.7 Å². The molecule has 1 N–H and O–H groups in total. The van der Waals surface area contributed by atoms with Crippen LogP contribution >= 0.6 is 11.6 Å². The Morgan fingerprint density at radius 3 is 2.74 bits per heavy atom. The highest BCUT2D eigenvalue weighted by atomic mass is 35.5. The van der Waals surface area contributed by atoms with Crippen LogP contribution in [0.1, 0.15) is 65.7 Å². The maximum Gasteiger partial charge on any atom is 0.429 e. The first-order valence-electron chi connectivity index (χ1n) is 13.4. The lowest BCUT2D eigenvalue weighted by molar-refractivity contribution is 0.0232. The molecule has 3 fully saturated rings. The second kappa shape index (κ2) is 10.6. The summed E-state index contributed by atoms with van der Waals surface area (Å²) in [5.41, 5.74) is -0.900. The molecule has 3 saturated heterocycles. The van der Waals surface area contributed by atoms with E-state index in [1.54, 1.807) is 5.01 Å². The molecular formula is C26H36ClFN6O4. The van der Waals surface area contributed by atoms with Crippen molar-refractivity contribution < 1.29 is 23.8 Å². The molecule has 2 aromatic heterocycles. The number of rotatable bonds is 5. The summed E-state index contributed by atoms with van der Waals surface area (Å²) >= 11 is 6.02. The average Bonchev–Trinajstić information content (AvgIpc) is 3.32. The van der Waals surface area contributed by atoms with Gasteiger partial charge in [0.05, 0.1) is 17.5 Å². The number of amides is 1. The first-order chi connectivity index (χ1) is 18.1. The monoisotopic (exact) mass is 550 g/mol. The Hall–Kier alpha value is -2.50. The second-order valence-electron chi connectivity index (χ2n) is 11.4. The number of halogens is 2. The predicted octanol–water partition coefficient (Wildman–Crippen LogP) is 4.33. The third-order valence-corrected chi connectivity index (χ3v) is 7.96. The number of pyridine rings is 1. The van der Waals surface area contributed by atoms with Crippen LogP contribution in [0.5, 0.6) is 6.01 Å². The van der Waals surface area contributed by atoms with Gasteiger partial charge in [-0.05, 0) is 72.3 Å². The highest BCUT2D eigenvalue weighted by Crippen LogP contribution is 2.42. The molecule has 0 radical (unpaired) electrons. The minimum atomic E-state index is -0.766. The molecule has 2 unspecified atom stereocenters. The molecule has 208 valence electrons. The number of fused-ring (bicyclic) bond motifs is 2. The number of aliphatic hydroxyl groups is 1. The van der Waals surface area contributed by atoms with Crippen LogP contribution in [-0.2, 0) is 4.74 Å². The smallest absolute Gasteiger partial charge is 0.429 e. The van der Waals surface area contributed by atoms with Crippen molar-refractivity contribution in [1.82, 2.24) is 24.9 Å². The molecule has 1 amide bonds. The van der Waals surface area contributed by atoms with Crippen molar-refractivity contribution in [3.8, 4) is 6.01 Å². The molecule has 5 heterocycles. The number of hydrogen-bond acceptors (Lipinski definition) is 9. The van der Waals surface area contributed by atoms with Crippen molar-refractivity contribution >= 4 is 34.4 Å². The SMILES string of the molecule is CC(C)(C)OC(=O)N1CCCCCN1c1nc(OCC23CCCN2C(CO)CC3)nc2c(F)c(Cl)ncc12. The summed E-state index contributed by atoms with van der Waals surface area (Å²) in [6.07, 6.45) is 7.24. The van der Waals surface area contributed by atoms with E-state index in [0.29, 0.717) is 30.9 Å². The number of nitrogens with zero attached hydrogens (tertiary/aromatic N) is 6. The Bertz CT molecular complexity index is 1200. The van der Waals surface area contributed by atoms with Crippen molar-refractivity contribution in [2.45, 2.75) is 82.9 Å². The number of ether oxygens (including phenoxy) is 2. The molecule has 38 heavy (non-hydrogen) atoms. The van der Waals surface area contributed by atoms with Crippen molar-refractivity contribution in [3.63, 3.8) is 0 Å². The fourth-order valence-electron chi connectivity index (χ4n) is 5.93. The minimum Gasteiger partial charge on any atom is -0.461 e. The van der Waals surface area contributed by atoms with E-state index in [9.17, 15) is 9.90 Å². The molecule has 0 aromatic carbocycles. The third-order valence-electron chi connectivity index (χ3n) is 7.70. The first-order valence-corrected chi connectivity index (χ1v) is 13.8. The summed E-state index contributed by atoms with van der Waals surface area (Å²) in [5, 5.41) is 13.1. The Balaban J connectivity index is 1.52. The van der Waals surface area contributed by atoms with Crippen LogP contribution in [0.25, 0.3) is 10.9 Å². The van der Waals surface area contributed by atoms with Gasteiger partial charge < -0.3 is 14.6 Å². The quantitative estimate of drug-likeness (QED) is 0.545. The Morgan fingerprint density at radius 2 is 1.97 bits per heavy atom. The van der Waals surface area contributed by atoms with Crippen molar-refractivity contribution in [2.75, 3.05) is 37.9 Å². The standard InChI is InChI=1S/C26H36ClFN6O4/c1-25(2,3)38-24(36)34-13-6-4-5-12-33(34)22-18-14-29-21(27)19(28)20(18)30-23(31-22)37-16-26-9-7-11-32(26)17(15-35)8-10-26/h14,17,35H,4-13,15-16H2,1-3H3. The van der Waals surface area contributed by atoms with E-state index < -0.39 is 17.5 Å². The van der Waals surface area contributed by atoms with Gasteiger partial charge in [-0.3, -0.25) is 9.91 Å². The van der Waals surface area contributed by atoms with Gasteiger partial charge in [0.25, 0.3) is 0 Å². The molecule has 10 nitrogen and oxygen atoms in total. The number of aliphatic hydroxyl groups excluding tert-OH is 1.